The fourth-order valence-electron chi connectivity index (χ4n) is 3.04. The zero-order valence-corrected chi connectivity index (χ0v) is 10.6. The van der Waals surface area contributed by atoms with E-state index in [0.29, 0.717) is 24.9 Å². The lowest BCUT2D eigenvalue weighted by molar-refractivity contribution is -0.162. The second-order valence-electron chi connectivity index (χ2n) is 5.64. The molecular weight excluding hydrogens is 243 g/mol. The molecule has 0 aromatic rings. The summed E-state index contributed by atoms with van der Waals surface area (Å²) < 4.78 is 37.6. The molecule has 6 heteroatoms. The minimum Gasteiger partial charge on any atom is -0.326 e. The normalized spacial score (nSPS) is 42.8. The number of rotatable bonds is 1. The van der Waals surface area contributed by atoms with Gasteiger partial charge in [0.2, 0.25) is 0 Å². The Morgan fingerprint density at radius 3 is 2.33 bits per heavy atom. The number of nitrogens with one attached hydrogen (secondary N) is 2. The molecule has 18 heavy (non-hydrogen) atoms. The molecule has 0 aliphatic carbocycles. The second-order valence-corrected chi connectivity index (χ2v) is 5.64. The quantitative estimate of drug-likeness (QED) is 0.671. The molecule has 2 heterocycles. The van der Waals surface area contributed by atoms with Crippen molar-refractivity contribution < 1.29 is 13.2 Å². The molecule has 0 aromatic heterocycles. The van der Waals surface area contributed by atoms with Gasteiger partial charge in [-0.25, -0.2) is 0 Å². The van der Waals surface area contributed by atoms with Gasteiger partial charge in [-0.3, -0.25) is 0 Å². The monoisotopic (exact) mass is 265 g/mol. The zero-order chi connectivity index (χ0) is 13.3. The molecule has 0 aromatic carbocycles. The third-order valence-electron chi connectivity index (χ3n) is 4.35. The smallest absolute Gasteiger partial charge is 0.326 e. The molecule has 2 saturated heterocycles. The summed E-state index contributed by atoms with van der Waals surface area (Å²) in [6.45, 7) is 2.50. The van der Waals surface area contributed by atoms with Gasteiger partial charge in [-0.15, -0.1) is 0 Å². The van der Waals surface area contributed by atoms with E-state index in [1.807, 2.05) is 6.92 Å². The first-order chi connectivity index (χ1) is 8.38. The van der Waals surface area contributed by atoms with Crippen molar-refractivity contribution in [2.45, 2.75) is 63.0 Å². The second kappa shape index (κ2) is 5.35. The van der Waals surface area contributed by atoms with Gasteiger partial charge in [-0.05, 0) is 38.5 Å². The molecule has 0 spiro atoms. The Balaban J connectivity index is 1.83. The summed E-state index contributed by atoms with van der Waals surface area (Å²) in [5.41, 5.74) is 5.92. The van der Waals surface area contributed by atoms with Crippen molar-refractivity contribution in [2.24, 2.45) is 11.7 Å². The molecule has 4 N–H and O–H groups in total. The van der Waals surface area contributed by atoms with Crippen LogP contribution in [-0.4, -0.2) is 36.9 Å². The van der Waals surface area contributed by atoms with Crippen LogP contribution in [0.5, 0.6) is 0 Å². The highest BCUT2D eigenvalue weighted by Gasteiger charge is 2.43. The van der Waals surface area contributed by atoms with Gasteiger partial charge in [-0.2, -0.15) is 13.2 Å². The topological polar surface area (TPSA) is 50.1 Å². The van der Waals surface area contributed by atoms with E-state index >= 15 is 0 Å². The predicted octanol–water partition coefficient (Wildman–Crippen LogP) is 1.38. The largest absolute Gasteiger partial charge is 0.403 e. The van der Waals surface area contributed by atoms with Gasteiger partial charge in [-0.1, -0.05) is 0 Å². The van der Waals surface area contributed by atoms with Crippen molar-refractivity contribution in [3.8, 4) is 0 Å². The Labute approximate surface area is 106 Å². The molecule has 0 amide bonds. The maximum Gasteiger partial charge on any atom is 0.403 e. The molecule has 0 saturated carbocycles. The molecule has 3 nitrogen and oxygen atoms in total. The molecule has 2 aliphatic heterocycles. The average molecular weight is 265 g/mol. The number of hydrogen-bond donors (Lipinski definition) is 3. The summed E-state index contributed by atoms with van der Waals surface area (Å²) in [4.78, 5) is 0. The van der Waals surface area contributed by atoms with Gasteiger partial charge >= 0.3 is 6.18 Å². The van der Waals surface area contributed by atoms with Crippen LogP contribution >= 0.6 is 0 Å². The van der Waals surface area contributed by atoms with Crippen LogP contribution in [0.25, 0.3) is 0 Å². The maximum absolute atomic E-state index is 12.5. The van der Waals surface area contributed by atoms with E-state index in [9.17, 15) is 13.2 Å². The van der Waals surface area contributed by atoms with Crippen LogP contribution < -0.4 is 16.4 Å². The third-order valence-corrected chi connectivity index (χ3v) is 4.35. The van der Waals surface area contributed by atoms with Crippen LogP contribution in [0.2, 0.25) is 0 Å². The molecule has 2 fully saturated rings. The van der Waals surface area contributed by atoms with Gasteiger partial charge in [0.1, 0.15) is 6.04 Å². The summed E-state index contributed by atoms with van der Waals surface area (Å²) >= 11 is 0. The third kappa shape index (κ3) is 3.16. The van der Waals surface area contributed by atoms with Gasteiger partial charge in [0.05, 0.1) is 0 Å². The zero-order valence-electron chi connectivity index (χ0n) is 10.6. The van der Waals surface area contributed by atoms with Crippen LogP contribution in [0.4, 0.5) is 13.2 Å². The molecule has 2 aliphatic rings. The summed E-state index contributed by atoms with van der Waals surface area (Å²) in [7, 11) is 0. The van der Waals surface area contributed by atoms with Crippen molar-refractivity contribution in [3.05, 3.63) is 0 Å². The summed E-state index contributed by atoms with van der Waals surface area (Å²) in [6.07, 6.45) is -1.36. The molecular formula is C12H22F3N3. The Kier molecular flexibility index (Phi) is 4.18. The van der Waals surface area contributed by atoms with Crippen LogP contribution in [0.3, 0.4) is 0 Å². The molecule has 0 bridgehead atoms. The molecule has 2 rings (SSSR count). The van der Waals surface area contributed by atoms with E-state index in [1.54, 1.807) is 0 Å². The van der Waals surface area contributed by atoms with Gasteiger partial charge in [0.15, 0.2) is 0 Å². The van der Waals surface area contributed by atoms with Crippen LogP contribution in [-0.2, 0) is 0 Å². The fourth-order valence-corrected chi connectivity index (χ4v) is 3.04. The molecule has 0 radical (unpaired) electrons. The Morgan fingerprint density at radius 1 is 1.11 bits per heavy atom. The Bertz CT molecular complexity index is 274. The van der Waals surface area contributed by atoms with E-state index in [1.165, 1.54) is 0 Å². The number of alkyl halides is 3. The Morgan fingerprint density at radius 2 is 1.83 bits per heavy atom. The van der Waals surface area contributed by atoms with E-state index in [2.05, 4.69) is 10.6 Å². The van der Waals surface area contributed by atoms with Gasteiger partial charge < -0.3 is 16.4 Å². The summed E-state index contributed by atoms with van der Waals surface area (Å²) in [6, 6.07) is -0.594. The van der Waals surface area contributed by atoms with Crippen molar-refractivity contribution in [2.75, 3.05) is 6.54 Å². The van der Waals surface area contributed by atoms with Crippen molar-refractivity contribution >= 4 is 0 Å². The Hall–Kier alpha value is -0.330. The van der Waals surface area contributed by atoms with Gasteiger partial charge in [0, 0.05) is 24.7 Å². The SMILES string of the molecule is CC1NC(C2CCC(C(F)(F)F)NC2)CCC1N. The van der Waals surface area contributed by atoms with Crippen LogP contribution in [0.1, 0.15) is 32.6 Å². The lowest BCUT2D eigenvalue weighted by Crippen LogP contribution is -2.58. The lowest BCUT2D eigenvalue weighted by Gasteiger charge is -2.41. The van der Waals surface area contributed by atoms with E-state index in [4.69, 9.17) is 5.73 Å². The first-order valence-corrected chi connectivity index (χ1v) is 6.69. The number of hydrogen-bond acceptors (Lipinski definition) is 3. The predicted molar refractivity (Wildman–Crippen MR) is 64.2 cm³/mol. The highest BCUT2D eigenvalue weighted by molar-refractivity contribution is 4.93. The van der Waals surface area contributed by atoms with E-state index < -0.39 is 12.2 Å². The average Bonchev–Trinajstić information content (AvgIpc) is 2.32. The summed E-state index contributed by atoms with van der Waals surface area (Å²) in [5, 5.41) is 6.08. The minimum atomic E-state index is -4.11. The maximum atomic E-state index is 12.5. The standard InChI is InChI=1S/C12H22F3N3/c1-7-9(16)3-4-10(18-7)8-2-5-11(17-6-8)12(13,14)15/h7-11,17-18H,2-6,16H2,1H3. The first kappa shape index (κ1) is 14.1. The fraction of sp³-hybridized carbons (Fsp3) is 1.00. The molecule has 106 valence electrons. The lowest BCUT2D eigenvalue weighted by atomic mass is 9.82. The number of halogens is 3. The van der Waals surface area contributed by atoms with E-state index in [0.717, 1.165) is 12.8 Å². The van der Waals surface area contributed by atoms with E-state index in [-0.39, 0.29) is 18.5 Å². The minimum absolute atomic E-state index is 0.167. The summed E-state index contributed by atoms with van der Waals surface area (Å²) in [5.74, 6) is 0.290. The van der Waals surface area contributed by atoms with Crippen LogP contribution in [0, 0.1) is 5.92 Å². The highest BCUT2D eigenvalue weighted by atomic mass is 19.4. The highest BCUT2D eigenvalue weighted by Crippen LogP contribution is 2.30. The van der Waals surface area contributed by atoms with Crippen molar-refractivity contribution in [3.63, 3.8) is 0 Å². The first-order valence-electron chi connectivity index (χ1n) is 6.69. The number of nitrogens with two attached hydrogens (primary N) is 1. The molecule has 5 unspecified atom stereocenters. The number of piperidine rings is 2. The van der Waals surface area contributed by atoms with Crippen LogP contribution in [0.15, 0.2) is 0 Å². The van der Waals surface area contributed by atoms with Gasteiger partial charge in [0.25, 0.3) is 0 Å². The molecule has 5 atom stereocenters. The van der Waals surface area contributed by atoms with Crippen molar-refractivity contribution in [1.82, 2.24) is 10.6 Å². The van der Waals surface area contributed by atoms with Crippen molar-refractivity contribution in [1.29, 1.82) is 0 Å².